The summed E-state index contributed by atoms with van der Waals surface area (Å²) < 4.78 is 128. The number of para-hydroxylation sites is 2. The monoisotopic (exact) mass is 2030 g/mol. The number of ether oxygens (including phenoxy) is 4. The highest BCUT2D eigenvalue weighted by molar-refractivity contribution is 7.92. The SMILES string of the molecule is CB(O)[C@H](CC1CC1)NC(=O)[C@H](Cc1ccccc1)CS(=O)(=O)c1ccc(Oc2ccccc2)cn1.O=C(N[C@@H](CC1CC1)B(O)O)[C@H](Cc1ccccc1)CS(=O)(=O)c1ccc(Oc2cnccn2)cc1.O=C(N[C@@H](CC1CC1)B(O)O)[C@H](Cc1ccccc1)CS(=O)(=O)c1ccc(Oc2ncccn2)cc1.O=C(N[C@@H](CC1CC1)B(O)O)[C@H](Cc1ccccc1)CS(=O)(=O)c1cnc(Oc2ccccc2)cn1. The van der Waals surface area contributed by atoms with Gasteiger partial charge in [0.05, 0.1) is 99.1 Å². The van der Waals surface area contributed by atoms with Crippen LogP contribution in [0.25, 0.3) is 0 Å². The normalized spacial score (nSPS) is 15.1. The van der Waals surface area contributed by atoms with Crippen molar-refractivity contribution in [3.8, 4) is 46.5 Å². The van der Waals surface area contributed by atoms with Crippen LogP contribution >= 0.6 is 0 Å². The van der Waals surface area contributed by atoms with Crippen molar-refractivity contribution in [2.24, 2.45) is 47.3 Å². The standard InChI is InChI=1S/C27H31BN2O5S.3C25H28BN3O6S/c1-28(32)25(17-21-12-13-21)30-27(31)22(16-20-8-4-2-5-9-20)19-36(33,34)26-15-14-24(18-29-26)35-23-10-6-3-7-11-23;30-25(29-22(26(31)32)14-19-11-12-19)20(13-18-7-3-1-4-8-18)17-36(33,34)24-16-27-23(15-28-24)35-21-9-5-2-6-10-21;30-24(29-23(26(31)32)16-19-7-8-19)20(15-18-5-2-1-3-6-18)17-36(33,34)22-11-9-21(10-12-22)35-25-27-13-4-14-28-25;30-25(29-23(26(31)32)15-19-6-7-19)20(14-18-4-2-1-3-5-18)17-36(33,34)22-10-8-21(9-11-22)35-24-16-27-12-13-28-24/h2-11,14-15,18,21-22,25,32H,12-13,16-17,19H2,1H3,(H,30,31);1-10,15-16,19-20,22,31-32H,11-14,17H2,(H,29,30);1-6,9-14,19-20,23,31-32H,7-8,15-17H2,(H,29,30);1-5,8-13,16,19-20,23,31-32H,6-7,14-15,17H2,(H,29,30)/t22-,25+;20-,22+;2*20-,23+/m1111/s1. The van der Waals surface area contributed by atoms with Gasteiger partial charge in [0.1, 0.15) is 28.7 Å². The fourth-order valence-electron chi connectivity index (χ4n) is 15.8. The molecule has 4 aliphatic rings. The highest BCUT2D eigenvalue weighted by Gasteiger charge is 2.41. The zero-order valence-electron chi connectivity index (χ0n) is 79.1. The van der Waals surface area contributed by atoms with Crippen molar-refractivity contribution in [1.29, 1.82) is 0 Å². The van der Waals surface area contributed by atoms with Crippen molar-refractivity contribution in [3.63, 3.8) is 0 Å². The molecule has 16 rings (SSSR count). The van der Waals surface area contributed by atoms with Crippen molar-refractivity contribution in [3.05, 3.63) is 321 Å². The molecule has 12 aromatic rings. The van der Waals surface area contributed by atoms with Crippen LogP contribution < -0.4 is 40.2 Å². The summed E-state index contributed by atoms with van der Waals surface area (Å²) >= 11 is 0. The molecule has 4 heterocycles. The number of carbonyl (C=O) groups excluding carboxylic acids is 4. The fraction of sp³-hybridized carbons (Fsp3) is 0.324. The molecular formula is C102H115B4N11O23S4. The minimum absolute atomic E-state index is 0.0476. The van der Waals surface area contributed by atoms with Crippen LogP contribution in [0.15, 0.2) is 318 Å². The van der Waals surface area contributed by atoms with E-state index in [1.807, 2.05) is 146 Å². The molecule has 8 atom stereocenters. The van der Waals surface area contributed by atoms with E-state index in [1.54, 1.807) is 55.4 Å². The third kappa shape index (κ3) is 35.8. The highest BCUT2D eigenvalue weighted by atomic mass is 32.2. The van der Waals surface area contributed by atoms with Gasteiger partial charge in [-0.25, -0.2) is 63.6 Å². The number of carbonyl (C=O) groups is 4. The Morgan fingerprint density at radius 1 is 0.306 bits per heavy atom. The van der Waals surface area contributed by atoms with Crippen LogP contribution in [0, 0.1) is 47.3 Å². The molecule has 0 spiro atoms. The third-order valence-electron chi connectivity index (χ3n) is 24.3. The number of pyridine rings is 1. The Morgan fingerprint density at radius 2 is 0.618 bits per heavy atom. The van der Waals surface area contributed by atoms with Gasteiger partial charge in [-0.05, 0) is 188 Å². The molecule has 4 amide bonds. The summed E-state index contributed by atoms with van der Waals surface area (Å²) in [6.07, 6.45) is 22.1. The minimum Gasteiger partial charge on any atom is -0.456 e. The van der Waals surface area contributed by atoms with Crippen LogP contribution in [-0.2, 0) is 84.2 Å². The topological polar surface area (TPSA) is 522 Å². The van der Waals surface area contributed by atoms with E-state index in [9.17, 15) is 88.0 Å². The Labute approximate surface area is 839 Å². The average Bonchev–Trinajstić information content (AvgIpc) is 1.31. The van der Waals surface area contributed by atoms with Crippen molar-refractivity contribution in [1.82, 2.24) is 56.2 Å². The van der Waals surface area contributed by atoms with Gasteiger partial charge in [-0.3, -0.25) is 24.2 Å². The second-order valence-electron chi connectivity index (χ2n) is 36.4. The first-order chi connectivity index (χ1) is 69.2. The van der Waals surface area contributed by atoms with Crippen molar-refractivity contribution < 1.29 is 107 Å². The number of sulfone groups is 4. The number of nitrogens with one attached hydrogen (secondary N) is 4. The van der Waals surface area contributed by atoms with Crippen molar-refractivity contribution in [2.45, 2.75) is 153 Å². The minimum atomic E-state index is -4.00. The number of nitrogens with zero attached hydrogens (tertiary/aromatic N) is 7. The molecule has 752 valence electrons. The lowest BCUT2D eigenvalue weighted by Crippen LogP contribution is -2.50. The van der Waals surface area contributed by atoms with Crippen LogP contribution in [0.5, 0.6) is 46.5 Å². The Kier molecular flexibility index (Phi) is 39.5. The molecule has 0 saturated heterocycles. The fourth-order valence-corrected chi connectivity index (χ4v) is 21.8. The number of hydrogen-bond donors (Lipinski definition) is 11. The van der Waals surface area contributed by atoms with E-state index < -0.39 is 156 Å². The van der Waals surface area contributed by atoms with E-state index in [-0.39, 0.29) is 69.2 Å². The first kappa shape index (κ1) is 108. The summed E-state index contributed by atoms with van der Waals surface area (Å²) in [6, 6.07) is 71.2. The summed E-state index contributed by atoms with van der Waals surface area (Å²) in [5.41, 5.74) is 3.27. The van der Waals surface area contributed by atoms with E-state index in [4.69, 9.17) is 18.9 Å². The van der Waals surface area contributed by atoms with E-state index in [0.717, 1.165) is 79.8 Å². The molecule has 144 heavy (non-hydrogen) atoms. The second-order valence-corrected chi connectivity index (χ2v) is 44.4. The van der Waals surface area contributed by atoms with Crippen LogP contribution in [-0.4, -0.2) is 202 Å². The molecule has 34 nitrogen and oxygen atoms in total. The van der Waals surface area contributed by atoms with Crippen molar-refractivity contribution in [2.75, 3.05) is 23.0 Å². The smallest absolute Gasteiger partial charge is 0.456 e. The van der Waals surface area contributed by atoms with Gasteiger partial charge in [0.15, 0.2) is 49.4 Å². The zero-order valence-corrected chi connectivity index (χ0v) is 82.4. The van der Waals surface area contributed by atoms with Crippen LogP contribution in [0.2, 0.25) is 6.82 Å². The molecular weight excluding hydrogens is 1920 g/mol. The number of aromatic nitrogens is 7. The van der Waals surface area contributed by atoms with Gasteiger partial charge >= 0.3 is 34.3 Å². The molecule has 0 bridgehead atoms. The first-order valence-electron chi connectivity index (χ1n) is 47.6. The number of amides is 4. The lowest BCUT2D eigenvalue weighted by molar-refractivity contribution is -0.125. The Bertz CT molecular complexity index is 5750. The van der Waals surface area contributed by atoms with Gasteiger partial charge in [-0.1, -0.05) is 216 Å². The summed E-state index contributed by atoms with van der Waals surface area (Å²) in [7, 11) is -20.7. The third-order valence-corrected chi connectivity index (χ3v) is 31.4. The molecule has 4 fully saturated rings. The van der Waals surface area contributed by atoms with Crippen molar-refractivity contribution >= 4 is 91.2 Å². The summed E-state index contributed by atoms with van der Waals surface area (Å²) in [5.74, 6) is -6.09. The van der Waals surface area contributed by atoms with Crippen LogP contribution in [0.3, 0.4) is 0 Å². The van der Waals surface area contributed by atoms with E-state index in [0.29, 0.717) is 78.1 Å². The molecule has 4 aromatic heterocycles. The van der Waals surface area contributed by atoms with Gasteiger partial charge in [-0.15, -0.1) is 0 Å². The maximum Gasteiger partial charge on any atom is 0.475 e. The van der Waals surface area contributed by atoms with Crippen LogP contribution in [0.4, 0.5) is 0 Å². The maximum absolute atomic E-state index is 13.3. The van der Waals surface area contributed by atoms with Gasteiger partial charge in [0.2, 0.25) is 35.4 Å². The zero-order chi connectivity index (χ0) is 102. The van der Waals surface area contributed by atoms with Gasteiger partial charge < -0.3 is 75.4 Å². The summed E-state index contributed by atoms with van der Waals surface area (Å²) in [6.45, 7) is 0.932. The molecule has 8 aromatic carbocycles. The number of hydrogen-bond acceptors (Lipinski definition) is 30. The van der Waals surface area contributed by atoms with E-state index in [2.05, 4.69) is 56.2 Å². The largest absolute Gasteiger partial charge is 0.475 e. The number of rotatable bonds is 48. The summed E-state index contributed by atoms with van der Waals surface area (Å²) in [5, 5.41) is 79.3. The summed E-state index contributed by atoms with van der Waals surface area (Å²) in [4.78, 5) is 81.0. The predicted octanol–water partition coefficient (Wildman–Crippen LogP) is 10.5. The lowest BCUT2D eigenvalue weighted by Gasteiger charge is -2.23. The Hall–Kier alpha value is -13.0. The lowest BCUT2D eigenvalue weighted by atomic mass is 9.61. The van der Waals surface area contributed by atoms with E-state index in [1.165, 1.54) is 98.0 Å². The molecule has 0 radical (unpaired) electrons. The predicted molar refractivity (Wildman–Crippen MR) is 541 cm³/mol. The first-order valence-corrected chi connectivity index (χ1v) is 54.2. The molecule has 0 aliphatic heterocycles. The van der Waals surface area contributed by atoms with E-state index >= 15 is 0 Å². The Morgan fingerprint density at radius 3 is 0.944 bits per heavy atom. The van der Waals surface area contributed by atoms with Gasteiger partial charge in [-0.2, -0.15) is 0 Å². The molecule has 0 unspecified atom stereocenters. The maximum atomic E-state index is 13.3. The average molecular weight is 2030 g/mol. The quantitative estimate of drug-likeness (QED) is 0.0158. The Balaban J connectivity index is 0.000000161. The van der Waals surface area contributed by atoms with Gasteiger partial charge in [0, 0.05) is 30.7 Å². The van der Waals surface area contributed by atoms with Crippen LogP contribution in [0.1, 0.15) is 99.3 Å². The molecule has 4 saturated carbocycles. The molecule has 11 N–H and O–H groups in total. The molecule has 4 aliphatic carbocycles. The van der Waals surface area contributed by atoms with Gasteiger partial charge in [0.25, 0.3) is 0 Å². The second kappa shape index (κ2) is 52.5. The highest BCUT2D eigenvalue weighted by Crippen LogP contribution is 2.38. The molecule has 42 heteroatoms. The number of benzene rings is 8.